The Bertz CT molecular complexity index is 1360. The van der Waals surface area contributed by atoms with Crippen LogP contribution in [0.25, 0.3) is 0 Å². The number of hydrogen-bond acceptors (Lipinski definition) is 6. The minimum atomic E-state index is -4.34. The first kappa shape index (κ1) is 28.4. The molecule has 1 N–H and O–H groups in total. The van der Waals surface area contributed by atoms with Gasteiger partial charge in [-0.3, -0.25) is 14.7 Å². The van der Waals surface area contributed by atoms with E-state index in [-0.39, 0.29) is 18.1 Å². The second-order valence-electron chi connectivity index (χ2n) is 10.6. The summed E-state index contributed by atoms with van der Waals surface area (Å²) in [5.41, 5.74) is 2.38. The molecule has 3 heterocycles. The minimum absolute atomic E-state index is 0.0683. The predicted molar refractivity (Wildman–Crippen MR) is 148 cm³/mol. The van der Waals surface area contributed by atoms with Crippen molar-refractivity contribution >= 4 is 11.6 Å². The maximum Gasteiger partial charge on any atom is 0.416 e. The lowest BCUT2D eigenvalue weighted by molar-refractivity contribution is -0.137. The molecule has 0 bridgehead atoms. The summed E-state index contributed by atoms with van der Waals surface area (Å²) < 4.78 is 44.7. The molecule has 2 aliphatic rings. The van der Waals surface area contributed by atoms with E-state index in [0.717, 1.165) is 50.3 Å². The molecule has 0 saturated carbocycles. The molecule has 0 aliphatic carbocycles. The normalized spacial score (nSPS) is 17.2. The Morgan fingerprint density at radius 3 is 2.29 bits per heavy atom. The second kappa shape index (κ2) is 12.6. The van der Waals surface area contributed by atoms with Crippen molar-refractivity contribution in [1.29, 1.82) is 5.26 Å². The number of halogens is 3. The molecule has 2 fully saturated rings. The van der Waals surface area contributed by atoms with Crippen LogP contribution in [0.5, 0.6) is 5.75 Å². The van der Waals surface area contributed by atoms with Gasteiger partial charge >= 0.3 is 6.18 Å². The molecule has 1 amide bonds. The van der Waals surface area contributed by atoms with Gasteiger partial charge in [0.05, 0.1) is 29.0 Å². The number of anilines is 1. The van der Waals surface area contributed by atoms with Crippen LogP contribution in [0.2, 0.25) is 0 Å². The van der Waals surface area contributed by atoms with E-state index in [1.807, 2.05) is 24.3 Å². The van der Waals surface area contributed by atoms with E-state index < -0.39 is 11.7 Å². The lowest BCUT2D eigenvalue weighted by Crippen LogP contribution is -2.44. The fourth-order valence-corrected chi connectivity index (χ4v) is 5.34. The Morgan fingerprint density at radius 1 is 0.976 bits per heavy atom. The number of hydrogen-bond donors (Lipinski definition) is 1. The van der Waals surface area contributed by atoms with Gasteiger partial charge in [-0.15, -0.1) is 0 Å². The highest BCUT2D eigenvalue weighted by atomic mass is 19.4. The van der Waals surface area contributed by atoms with Gasteiger partial charge in [-0.1, -0.05) is 12.1 Å². The number of carbonyl (C=O) groups is 1. The van der Waals surface area contributed by atoms with Crippen LogP contribution in [0.3, 0.4) is 0 Å². The van der Waals surface area contributed by atoms with E-state index in [9.17, 15) is 18.0 Å². The summed E-state index contributed by atoms with van der Waals surface area (Å²) in [4.78, 5) is 21.6. The number of nitriles is 1. The highest BCUT2D eigenvalue weighted by Crippen LogP contribution is 2.31. The lowest BCUT2D eigenvalue weighted by atomic mass is 10.0. The second-order valence-corrected chi connectivity index (χ2v) is 10.6. The summed E-state index contributed by atoms with van der Waals surface area (Å²) in [5.74, 6) is 0.355. The largest absolute Gasteiger partial charge is 0.489 e. The number of carbonyl (C=O) groups excluding carboxylic acids is 1. The van der Waals surface area contributed by atoms with E-state index in [4.69, 9.17) is 10.00 Å². The smallest absolute Gasteiger partial charge is 0.416 e. The first-order valence-corrected chi connectivity index (χ1v) is 13.8. The fourth-order valence-electron chi connectivity index (χ4n) is 5.34. The van der Waals surface area contributed by atoms with Gasteiger partial charge in [0.1, 0.15) is 11.9 Å². The Labute approximate surface area is 237 Å². The van der Waals surface area contributed by atoms with Gasteiger partial charge in [-0.25, -0.2) is 0 Å². The summed E-state index contributed by atoms with van der Waals surface area (Å²) in [7, 11) is 0. The highest BCUT2D eigenvalue weighted by Gasteiger charge is 2.30. The molecule has 2 saturated heterocycles. The van der Waals surface area contributed by atoms with Crippen molar-refractivity contribution in [3.63, 3.8) is 0 Å². The first-order chi connectivity index (χ1) is 19.8. The number of piperidine rings is 2. The number of rotatable bonds is 7. The summed E-state index contributed by atoms with van der Waals surface area (Å²) in [5, 5.41) is 12.1. The Kier molecular flexibility index (Phi) is 8.74. The van der Waals surface area contributed by atoms with E-state index in [2.05, 4.69) is 26.2 Å². The molecule has 0 radical (unpaired) electrons. The molecular weight excluding hydrogens is 531 g/mol. The minimum Gasteiger partial charge on any atom is -0.489 e. The Hall–Kier alpha value is -4.10. The van der Waals surface area contributed by atoms with Gasteiger partial charge < -0.3 is 15.0 Å². The average Bonchev–Trinajstić information content (AvgIpc) is 2.99. The molecule has 0 unspecified atom stereocenters. The molecule has 0 spiro atoms. The van der Waals surface area contributed by atoms with E-state index in [1.54, 1.807) is 12.3 Å². The number of benzene rings is 2. The van der Waals surface area contributed by atoms with Gasteiger partial charge in [-0.05, 0) is 60.9 Å². The zero-order valence-corrected chi connectivity index (χ0v) is 22.6. The zero-order chi connectivity index (χ0) is 28.8. The molecule has 2 aromatic carbocycles. The fraction of sp³-hybridized carbons (Fsp3) is 0.387. The van der Waals surface area contributed by atoms with Gasteiger partial charge in [0, 0.05) is 63.5 Å². The van der Waals surface area contributed by atoms with Crippen LogP contribution in [-0.2, 0) is 12.7 Å². The number of alkyl halides is 3. The molecular formula is C31H32F3N5O2. The predicted octanol–water partition coefficient (Wildman–Crippen LogP) is 5.41. The van der Waals surface area contributed by atoms with E-state index in [0.29, 0.717) is 42.8 Å². The van der Waals surface area contributed by atoms with Crippen molar-refractivity contribution in [2.24, 2.45) is 0 Å². The molecule has 5 rings (SSSR count). The molecule has 2 aliphatic heterocycles. The number of likely N-dealkylation sites (tertiary alicyclic amines) is 1. The van der Waals surface area contributed by atoms with Gasteiger partial charge in [0.25, 0.3) is 5.91 Å². The number of amides is 1. The molecule has 10 heteroatoms. The summed E-state index contributed by atoms with van der Waals surface area (Å²) in [6, 6.07) is 16.8. The Balaban J connectivity index is 1.07. The summed E-state index contributed by atoms with van der Waals surface area (Å²) >= 11 is 0. The quantitative estimate of drug-likeness (QED) is 0.414. The molecule has 7 nitrogen and oxygen atoms in total. The average molecular weight is 564 g/mol. The molecule has 0 atom stereocenters. The first-order valence-electron chi connectivity index (χ1n) is 13.8. The maximum atomic E-state index is 13.0. The van der Waals surface area contributed by atoms with Crippen LogP contribution in [0.15, 0.2) is 67.0 Å². The molecule has 214 valence electrons. The SMILES string of the molecule is N#Cc1ccc(CN2CCC(NC(=O)c3cncc(OC4CCN(c5ccc(C(F)(F)F)cc5)CC4)c3)CC2)cc1. The van der Waals surface area contributed by atoms with E-state index in [1.165, 1.54) is 23.9 Å². The van der Waals surface area contributed by atoms with Crippen LogP contribution in [-0.4, -0.2) is 54.1 Å². The lowest BCUT2D eigenvalue weighted by Gasteiger charge is -2.34. The maximum absolute atomic E-state index is 13.0. The topological polar surface area (TPSA) is 81.5 Å². The standard InChI is InChI=1S/C31H32F3N5O2/c32-31(33,34)25-5-7-27(8-6-25)39-15-11-28(12-16-39)41-29-17-24(19-36-20-29)30(40)37-26-9-13-38(14-10-26)21-23-3-1-22(18-35)2-4-23/h1-8,17,19-20,26,28H,9-16,21H2,(H,37,40). The molecule has 1 aromatic heterocycles. The highest BCUT2D eigenvalue weighted by molar-refractivity contribution is 5.94. The third-order valence-electron chi connectivity index (χ3n) is 7.69. The number of pyridine rings is 1. The molecule has 41 heavy (non-hydrogen) atoms. The molecule has 3 aromatic rings. The summed E-state index contributed by atoms with van der Waals surface area (Å²) in [6.07, 6.45) is 1.84. The van der Waals surface area contributed by atoms with E-state index >= 15 is 0 Å². The van der Waals surface area contributed by atoms with Crippen LogP contribution in [0, 0.1) is 11.3 Å². The number of nitrogens with zero attached hydrogens (tertiary/aromatic N) is 4. The van der Waals surface area contributed by atoms with Crippen LogP contribution >= 0.6 is 0 Å². The van der Waals surface area contributed by atoms with Crippen LogP contribution < -0.4 is 15.0 Å². The van der Waals surface area contributed by atoms with Gasteiger partial charge in [0.2, 0.25) is 0 Å². The van der Waals surface area contributed by atoms with Crippen molar-refractivity contribution in [1.82, 2.24) is 15.2 Å². The van der Waals surface area contributed by atoms with Crippen molar-refractivity contribution in [2.75, 3.05) is 31.1 Å². The monoisotopic (exact) mass is 563 g/mol. The number of nitrogens with one attached hydrogen (secondary N) is 1. The van der Waals surface area contributed by atoms with Crippen molar-refractivity contribution in [2.45, 2.75) is 50.6 Å². The van der Waals surface area contributed by atoms with Crippen molar-refractivity contribution in [3.05, 3.63) is 89.2 Å². The van der Waals surface area contributed by atoms with Gasteiger partial charge in [-0.2, -0.15) is 18.4 Å². The van der Waals surface area contributed by atoms with Crippen molar-refractivity contribution in [3.8, 4) is 11.8 Å². The van der Waals surface area contributed by atoms with Crippen LogP contribution in [0.1, 0.15) is 52.7 Å². The van der Waals surface area contributed by atoms with Gasteiger partial charge in [0.15, 0.2) is 0 Å². The third kappa shape index (κ3) is 7.55. The number of ether oxygens (including phenoxy) is 1. The number of aromatic nitrogens is 1. The third-order valence-corrected chi connectivity index (χ3v) is 7.69. The Morgan fingerprint density at radius 2 is 1.66 bits per heavy atom. The zero-order valence-electron chi connectivity index (χ0n) is 22.6. The summed E-state index contributed by atoms with van der Waals surface area (Å²) in [6.45, 7) is 3.88. The van der Waals surface area contributed by atoms with Crippen LogP contribution in [0.4, 0.5) is 18.9 Å². The van der Waals surface area contributed by atoms with Crippen molar-refractivity contribution < 1.29 is 22.7 Å².